The molecule has 4 nitrogen and oxygen atoms in total. The van der Waals surface area contributed by atoms with Gasteiger partial charge in [0.05, 0.1) is 37.2 Å². The van der Waals surface area contributed by atoms with E-state index < -0.39 is 10.8 Å². The van der Waals surface area contributed by atoms with Crippen LogP contribution in [0.3, 0.4) is 0 Å². The second-order valence-electron chi connectivity index (χ2n) is 22.1. The first kappa shape index (κ1) is 51.9. The monoisotopic (exact) mass is 1200 g/mol. The number of hydrogen-bond donors (Lipinski definition) is 0. The first-order chi connectivity index (χ1) is 42.0. The number of para-hydroxylation sites is 2. The topological polar surface area (TPSA) is 51.6 Å². The molecule has 0 spiro atoms. The summed E-state index contributed by atoms with van der Waals surface area (Å²) in [5.41, 5.74) is 27.3. The van der Waals surface area contributed by atoms with Gasteiger partial charge in [0.1, 0.15) is 0 Å². The number of rotatable bonds is 12. The van der Waals surface area contributed by atoms with E-state index in [0.29, 0.717) is 0 Å². The minimum Gasteiger partial charge on any atom is -0.264 e. The molecule has 85 heavy (non-hydrogen) atoms. The fourth-order valence-corrected chi connectivity index (χ4v) is 14.2. The molecule has 10 aromatic carbocycles. The van der Waals surface area contributed by atoms with Crippen LogP contribution in [0.4, 0.5) is 0 Å². The third-order valence-corrected chi connectivity index (χ3v) is 18.8. The first-order valence-corrected chi connectivity index (χ1v) is 30.2. The van der Waals surface area contributed by atoms with Crippen LogP contribution >= 0.6 is 22.6 Å². The Morgan fingerprint density at radius 1 is 0.353 bits per heavy atom. The Kier molecular flexibility index (Phi) is 13.2. The fourth-order valence-electron chi connectivity index (χ4n) is 13.6. The average Bonchev–Trinajstić information content (AvgIpc) is 1.61. The average molecular weight is 1200 g/mol. The summed E-state index contributed by atoms with van der Waals surface area (Å²) in [6.45, 7) is 2.32. The van der Waals surface area contributed by atoms with Crippen LogP contribution in [-0.4, -0.2) is 19.9 Å². The molecule has 0 bridgehead atoms. The van der Waals surface area contributed by atoms with Gasteiger partial charge < -0.3 is 0 Å². The maximum absolute atomic E-state index is 5.38. The molecule has 0 amide bonds. The second-order valence-corrected chi connectivity index (χ2v) is 23.5. The molecule has 5 heteroatoms. The van der Waals surface area contributed by atoms with Crippen LogP contribution in [0.1, 0.15) is 60.9 Å². The van der Waals surface area contributed by atoms with E-state index in [1.165, 1.54) is 72.3 Å². The number of allylic oxidation sites excluding steroid dienone is 4. The van der Waals surface area contributed by atoms with E-state index in [2.05, 4.69) is 300 Å². The Morgan fingerprint density at radius 3 is 1.19 bits per heavy atom. The highest BCUT2D eigenvalue weighted by Crippen LogP contribution is 2.58. The molecule has 0 aliphatic heterocycles. The second kappa shape index (κ2) is 21.7. The number of benzene rings is 10. The normalized spacial score (nSPS) is 14.0. The molecular formula is C80H55IN4. The molecule has 1 unspecified atom stereocenters. The Labute approximate surface area is 509 Å². The van der Waals surface area contributed by atoms with Gasteiger partial charge in [-0.2, -0.15) is 0 Å². The molecule has 3 heterocycles. The van der Waals surface area contributed by atoms with Crippen molar-refractivity contribution in [3.05, 3.63) is 366 Å². The zero-order valence-corrected chi connectivity index (χ0v) is 48.8. The summed E-state index contributed by atoms with van der Waals surface area (Å²) < 4.78 is 0.161. The SMILES string of the molecule is CC1=C(/C=C\C(I)c2cccnc2)c2ccc(-c3ccc(-c4nc5ccccc5nc4-c4ccc(-c5ccc6c(c5)C(c5ccccc5)(c5ccccc5)c5cc(-c7cccnc7)ccc5-6)cc4)cc3)cc2C1(c1ccccc1)c1ccccc1. The van der Waals surface area contributed by atoms with E-state index >= 15 is 0 Å². The lowest BCUT2D eigenvalue weighted by Crippen LogP contribution is -2.29. The van der Waals surface area contributed by atoms with Crippen molar-refractivity contribution < 1.29 is 0 Å². The number of nitrogens with zero attached hydrogens (tertiary/aromatic N) is 4. The largest absolute Gasteiger partial charge is 0.264 e. The molecule has 2 aliphatic carbocycles. The summed E-state index contributed by atoms with van der Waals surface area (Å²) >= 11 is 2.52. The number of hydrogen-bond acceptors (Lipinski definition) is 4. The summed E-state index contributed by atoms with van der Waals surface area (Å²) in [6.07, 6.45) is 12.2. The standard InChI is InChI=1S/C80H55IN4/c1-53-67(44-45-74(81)62-19-17-47-83-52-62)68-41-38-58(48-71(68)79(53,63-20-6-2-7-21-63)64-22-8-3-9-23-64)54-30-34-56(35-31-54)77-78(85-76-29-15-14-28-75(76)84-77)57-36-32-55(33-37-57)59-39-42-69-70-43-40-60(61-18-16-46-82-51-61)50-73(70)80(72(69)49-59,65-24-10-4-11-25-65)66-26-12-5-13-27-66/h2-52,74H,1H3/b45-44-. The van der Waals surface area contributed by atoms with Crippen molar-refractivity contribution in [3.63, 3.8) is 0 Å². The van der Waals surface area contributed by atoms with Gasteiger partial charge in [-0.15, -0.1) is 0 Å². The predicted molar refractivity (Wildman–Crippen MR) is 357 cm³/mol. The molecule has 0 fully saturated rings. The molecular weight excluding hydrogens is 1140 g/mol. The van der Waals surface area contributed by atoms with Crippen LogP contribution in [0.5, 0.6) is 0 Å². The summed E-state index contributed by atoms with van der Waals surface area (Å²) in [7, 11) is 0. The molecule has 402 valence electrons. The molecule has 0 saturated carbocycles. The van der Waals surface area contributed by atoms with Crippen molar-refractivity contribution in [2.45, 2.75) is 21.7 Å². The molecule has 3 aromatic heterocycles. The van der Waals surface area contributed by atoms with Gasteiger partial charge in [-0.3, -0.25) is 9.97 Å². The van der Waals surface area contributed by atoms with Crippen LogP contribution in [0.15, 0.2) is 315 Å². The summed E-state index contributed by atoms with van der Waals surface area (Å²) in [4.78, 5) is 19.7. The number of fused-ring (bicyclic) bond motifs is 5. The summed E-state index contributed by atoms with van der Waals surface area (Å²) in [5, 5.41) is 0. The quantitative estimate of drug-likeness (QED) is 0.0904. The van der Waals surface area contributed by atoms with Crippen LogP contribution in [-0.2, 0) is 10.8 Å². The molecule has 13 aromatic rings. The van der Waals surface area contributed by atoms with E-state index in [0.717, 1.165) is 66.9 Å². The van der Waals surface area contributed by atoms with Crippen LogP contribution in [0.2, 0.25) is 0 Å². The summed E-state index contributed by atoms with van der Waals surface area (Å²) in [6, 6.07) is 99.4. The Balaban J connectivity index is 0.804. The lowest BCUT2D eigenvalue weighted by molar-refractivity contribution is 0.743. The number of alkyl halides is 1. The Morgan fingerprint density at radius 2 is 0.741 bits per heavy atom. The Bertz CT molecular complexity index is 4600. The van der Waals surface area contributed by atoms with Crippen molar-refractivity contribution in [1.29, 1.82) is 0 Å². The fraction of sp³-hybridized carbons (Fsp3) is 0.0500. The van der Waals surface area contributed by atoms with Crippen LogP contribution < -0.4 is 0 Å². The van der Waals surface area contributed by atoms with E-state index in [4.69, 9.17) is 9.97 Å². The lowest BCUT2D eigenvalue weighted by Gasteiger charge is -2.35. The van der Waals surface area contributed by atoms with Crippen LogP contribution in [0.25, 0.3) is 83.6 Å². The van der Waals surface area contributed by atoms with E-state index in [-0.39, 0.29) is 3.92 Å². The van der Waals surface area contributed by atoms with Gasteiger partial charge in [0.25, 0.3) is 0 Å². The van der Waals surface area contributed by atoms with E-state index in [1.807, 2.05) is 49.1 Å². The number of halogens is 1. The first-order valence-electron chi connectivity index (χ1n) is 29.0. The maximum Gasteiger partial charge on any atom is 0.0973 e. The smallest absolute Gasteiger partial charge is 0.0973 e. The molecule has 2 aliphatic rings. The molecule has 0 saturated heterocycles. The van der Waals surface area contributed by atoms with Gasteiger partial charge in [0.2, 0.25) is 0 Å². The molecule has 1 atom stereocenters. The minimum atomic E-state index is -0.570. The van der Waals surface area contributed by atoms with E-state index in [1.54, 1.807) is 0 Å². The van der Waals surface area contributed by atoms with Gasteiger partial charge in [0, 0.05) is 35.9 Å². The molecule has 15 rings (SSSR count). The highest BCUT2D eigenvalue weighted by molar-refractivity contribution is 14.1. The van der Waals surface area contributed by atoms with E-state index in [9.17, 15) is 0 Å². The predicted octanol–water partition coefficient (Wildman–Crippen LogP) is 20.0. The van der Waals surface area contributed by atoms with Gasteiger partial charge >= 0.3 is 0 Å². The maximum atomic E-state index is 5.38. The molecule has 0 radical (unpaired) electrons. The zero-order chi connectivity index (χ0) is 56.9. The zero-order valence-electron chi connectivity index (χ0n) is 46.7. The highest BCUT2D eigenvalue weighted by Gasteiger charge is 2.47. The third kappa shape index (κ3) is 8.80. The number of pyridine rings is 2. The Hall–Kier alpha value is -9.95. The van der Waals surface area contributed by atoms with Crippen molar-refractivity contribution in [1.82, 2.24) is 19.9 Å². The minimum absolute atomic E-state index is 0.161. The molecule has 0 N–H and O–H groups in total. The van der Waals surface area contributed by atoms with Crippen molar-refractivity contribution >= 4 is 39.2 Å². The van der Waals surface area contributed by atoms with Gasteiger partial charge in [-0.25, -0.2) is 9.97 Å². The van der Waals surface area contributed by atoms with Crippen molar-refractivity contribution in [3.8, 4) is 67.0 Å². The van der Waals surface area contributed by atoms with Crippen LogP contribution in [0, 0.1) is 0 Å². The van der Waals surface area contributed by atoms with Gasteiger partial charge in [-0.1, -0.05) is 265 Å². The van der Waals surface area contributed by atoms with Gasteiger partial charge in [0.15, 0.2) is 0 Å². The lowest BCUT2D eigenvalue weighted by atomic mass is 9.67. The van der Waals surface area contributed by atoms with Gasteiger partial charge in [-0.05, 0) is 155 Å². The van der Waals surface area contributed by atoms with Crippen molar-refractivity contribution in [2.75, 3.05) is 0 Å². The number of aromatic nitrogens is 4. The van der Waals surface area contributed by atoms with Crippen molar-refractivity contribution in [2.24, 2.45) is 0 Å². The summed E-state index contributed by atoms with van der Waals surface area (Å²) in [5.74, 6) is 0. The third-order valence-electron chi connectivity index (χ3n) is 17.6. The highest BCUT2D eigenvalue weighted by atomic mass is 127.